The van der Waals surface area contributed by atoms with E-state index >= 15 is 4.79 Å². The summed E-state index contributed by atoms with van der Waals surface area (Å²) in [5.74, 6) is -17.3. The van der Waals surface area contributed by atoms with Crippen molar-refractivity contribution in [2.45, 2.75) is 342 Å². The number of rotatable bonds is 60. The predicted octanol–water partition coefficient (Wildman–Crippen LogP) is 3.87. The van der Waals surface area contributed by atoms with Gasteiger partial charge in [-0.05, 0) is 149 Å². The summed E-state index contributed by atoms with van der Waals surface area (Å²) in [7, 11) is 0. The highest BCUT2D eigenvalue weighted by molar-refractivity contribution is 6.03. The van der Waals surface area contributed by atoms with Crippen molar-refractivity contribution in [1.82, 2.24) is 85.1 Å². The normalized spacial score (nSPS) is 14.9. The molecule has 130 heavy (non-hydrogen) atoms. The Bertz CT molecular complexity index is 3940. The number of hydrogen-bond acceptors (Lipinski definition) is 22. The molecule has 0 radical (unpaired) electrons. The molecule has 0 heterocycles. The van der Waals surface area contributed by atoms with Crippen molar-refractivity contribution >= 4 is 112 Å². The minimum absolute atomic E-state index is 0.0203. The van der Waals surface area contributed by atoms with Crippen molar-refractivity contribution in [2.75, 3.05) is 26.2 Å². The first-order valence-corrected chi connectivity index (χ1v) is 45.7. The number of allylic oxidation sites excluding steroid dienone is 1. The lowest BCUT2D eigenvalue weighted by Gasteiger charge is -2.31. The van der Waals surface area contributed by atoms with Gasteiger partial charge >= 0.3 is 17.9 Å². The highest BCUT2D eigenvalue weighted by atomic mass is 16.6. The first kappa shape index (κ1) is 117. The molecule has 0 aromatic heterocycles. The highest BCUT2D eigenvalue weighted by Crippen LogP contribution is 2.21. The van der Waals surface area contributed by atoms with E-state index in [9.17, 15) is 86.3 Å². The Morgan fingerprint density at radius 3 is 1.06 bits per heavy atom. The smallest absolute Gasteiger partial charge is 0.308 e. The fourth-order valence-electron chi connectivity index (χ4n) is 13.6. The van der Waals surface area contributed by atoms with E-state index in [0.29, 0.717) is 31.2 Å². The molecular weight excluding hydrogens is 1680 g/mol. The van der Waals surface area contributed by atoms with Crippen LogP contribution in [0.5, 0.6) is 5.75 Å². The van der Waals surface area contributed by atoms with Gasteiger partial charge in [0.05, 0.1) is 6.04 Å². The lowest BCUT2D eigenvalue weighted by molar-refractivity contribution is -0.156. The van der Waals surface area contributed by atoms with E-state index in [1.165, 1.54) is 59.8 Å². The Morgan fingerprint density at radius 2 is 0.677 bits per heavy atom. The minimum Gasteiger partial charge on any atom is -0.464 e. The van der Waals surface area contributed by atoms with Crippen molar-refractivity contribution in [2.24, 2.45) is 53.3 Å². The average molecular weight is 1840 g/mol. The average Bonchev–Trinajstić information content (AvgIpc) is 0.841. The van der Waals surface area contributed by atoms with Crippen LogP contribution in [0, 0.1) is 53.3 Å². The number of carbonyl (C=O) groups is 19. The van der Waals surface area contributed by atoms with E-state index in [1.54, 1.807) is 109 Å². The Kier molecular flexibility index (Phi) is 54.6. The number of esters is 3. The van der Waals surface area contributed by atoms with Gasteiger partial charge in [-0.25, -0.2) is 0 Å². The molecule has 0 aliphatic carbocycles. The monoisotopic (exact) mass is 1840 g/mol. The second kappa shape index (κ2) is 60.7. The fourth-order valence-corrected chi connectivity index (χ4v) is 13.6. The Hall–Kier alpha value is -11.1. The van der Waals surface area contributed by atoms with Gasteiger partial charge in [0.1, 0.15) is 84.5 Å². The molecule has 734 valence electrons. The van der Waals surface area contributed by atoms with Crippen LogP contribution < -0.4 is 89.8 Å². The van der Waals surface area contributed by atoms with Crippen LogP contribution in [0.15, 0.2) is 36.0 Å². The molecule has 0 aliphatic rings. The van der Waals surface area contributed by atoms with Crippen LogP contribution in [0.4, 0.5) is 0 Å². The van der Waals surface area contributed by atoms with Crippen LogP contribution in [0.2, 0.25) is 0 Å². The van der Waals surface area contributed by atoms with Gasteiger partial charge in [0.25, 0.3) is 11.8 Å². The number of hydrogen-bond donors (Lipinski definition) is 16. The fraction of sp³-hybridized carbons (Fsp3) is 0.707. The number of benzene rings is 1. The summed E-state index contributed by atoms with van der Waals surface area (Å²) in [5, 5.41) is 43.9. The van der Waals surface area contributed by atoms with Crippen LogP contribution in [-0.4, -0.2) is 217 Å². The molecule has 0 bridgehead atoms. The van der Waals surface area contributed by atoms with Gasteiger partial charge in [0.15, 0.2) is 6.10 Å². The van der Waals surface area contributed by atoms with E-state index in [1.807, 2.05) is 27.7 Å². The number of amides is 16. The Morgan fingerprint density at radius 1 is 0.338 bits per heavy atom. The number of carbonyl (C=O) groups excluding carboxylic acids is 19. The molecule has 0 fully saturated rings. The second-order valence-electron chi connectivity index (χ2n) is 36.1. The first-order chi connectivity index (χ1) is 60.8. The molecule has 0 spiro atoms. The maximum absolute atomic E-state index is 15.0. The largest absolute Gasteiger partial charge is 0.464 e. The van der Waals surface area contributed by atoms with Crippen molar-refractivity contribution in [1.29, 1.82) is 0 Å². The maximum atomic E-state index is 15.0. The lowest BCUT2D eigenvalue weighted by atomic mass is 9.95. The number of nitrogens with one attached hydrogen (secondary N) is 16. The van der Waals surface area contributed by atoms with Gasteiger partial charge in [-0.2, -0.15) is 0 Å². The molecule has 38 heteroatoms. The molecule has 0 saturated carbocycles. The van der Waals surface area contributed by atoms with Crippen molar-refractivity contribution in [3.05, 3.63) is 41.6 Å². The molecule has 1 rings (SSSR count). The zero-order valence-corrected chi connectivity index (χ0v) is 81.3. The molecule has 0 saturated heterocycles. The van der Waals surface area contributed by atoms with E-state index in [0.717, 1.165) is 6.92 Å². The van der Waals surface area contributed by atoms with Crippen LogP contribution >= 0.6 is 0 Å². The molecule has 0 aliphatic heterocycles. The molecule has 1 aromatic carbocycles. The van der Waals surface area contributed by atoms with E-state index in [4.69, 9.17) is 14.2 Å². The first-order valence-electron chi connectivity index (χ1n) is 45.7. The van der Waals surface area contributed by atoms with Crippen molar-refractivity contribution in [3.63, 3.8) is 0 Å². The van der Waals surface area contributed by atoms with Crippen molar-refractivity contribution < 1.29 is 105 Å². The van der Waals surface area contributed by atoms with Gasteiger partial charge in [-0.15, -0.1) is 0 Å². The van der Waals surface area contributed by atoms with Crippen LogP contribution in [0.25, 0.3) is 0 Å². The third kappa shape index (κ3) is 45.9. The molecule has 1 aromatic rings. The van der Waals surface area contributed by atoms with Crippen LogP contribution in [0.1, 0.15) is 262 Å². The lowest BCUT2D eigenvalue weighted by Crippen LogP contribution is -2.62. The molecule has 38 nitrogen and oxygen atoms in total. The SMILES string of the molecule is C/C=C(/NC(=O)[C@H](OC(C)=O)[C@H](C)CC)C(=O)N[C@@H](CC(C)C)C(=O)N[C@H](CCCNC(C)=O)C(=O)NC(C(=O)N[C@H](C(=O)N[C@H](C(=O)NC(CCCCNC(C)=O)C(=O)N[C@H](C(=O)NC(CC(C)C)C(=O)NC(CCCCNC(C)=O)C(=O)N[C@H](Cc1ccc(OC(C)=O)cc1)C(=O)NC(CC(C)C)C(=O)N[C@H](COC(C)=O)C(C)C)C(C)C)C(C)C)C(C)C)[C@@H](C)CC. The van der Waals surface area contributed by atoms with E-state index in [-0.39, 0.29) is 143 Å². The third-order valence-electron chi connectivity index (χ3n) is 21.4. The molecular formula is C92H154N16O22. The molecule has 16 amide bonds. The Balaban J connectivity index is 3.91. The second-order valence-corrected chi connectivity index (χ2v) is 36.1. The molecule has 15 atom stereocenters. The summed E-state index contributed by atoms with van der Waals surface area (Å²) in [6, 6.07) is -9.66. The van der Waals surface area contributed by atoms with E-state index < -0.39 is 203 Å². The zero-order chi connectivity index (χ0) is 99.1. The topological polar surface area (TPSA) is 544 Å². The van der Waals surface area contributed by atoms with Gasteiger partial charge in [-0.3, -0.25) is 91.1 Å². The van der Waals surface area contributed by atoms with Gasteiger partial charge in [0.2, 0.25) is 82.7 Å². The van der Waals surface area contributed by atoms with Crippen LogP contribution in [-0.2, 0) is 107 Å². The van der Waals surface area contributed by atoms with Gasteiger partial charge in [-0.1, -0.05) is 149 Å². The summed E-state index contributed by atoms with van der Waals surface area (Å²) in [6.45, 7) is 40.5. The Labute approximate surface area is 767 Å². The number of ether oxygens (including phenoxy) is 3. The maximum Gasteiger partial charge on any atom is 0.308 e. The summed E-state index contributed by atoms with van der Waals surface area (Å²) in [5.41, 5.74) is 0.218. The summed E-state index contributed by atoms with van der Waals surface area (Å²) >= 11 is 0. The summed E-state index contributed by atoms with van der Waals surface area (Å²) in [4.78, 5) is 261. The minimum atomic E-state index is -1.45. The predicted molar refractivity (Wildman–Crippen MR) is 488 cm³/mol. The van der Waals surface area contributed by atoms with Gasteiger partial charge in [0, 0.05) is 73.5 Å². The zero-order valence-electron chi connectivity index (χ0n) is 81.3. The van der Waals surface area contributed by atoms with Gasteiger partial charge < -0.3 is 99.3 Å². The standard InChI is InChI=1S/C92H154N16O22/c1-26-56(18)78(108-83(118)69(36-33-43-95-60(22)111)98-84(119)70(44-49(4)5)100-80(115)66(28-3)96-92(127)79(57(19)27-2)130-63(25)114)91(126)107-77(55(16)17)90(125)106-76(54(14)15)88(123)99-68(35-30-32-42-94-59(21)110)82(117)105-75(53(12)13)89(124)103-72(46-51(8)9)85(120)97-67(34-29-31-41-93-58(20)109)81(116)102-73(47-64-37-39-65(40-38-64)129-62(24)113)87(122)101-71(45-50(6)7)86(121)104-74(52(10)11)48-128-61(23)112/h28,37-40,49-57,67-79H,26-27,29-36,41-48H2,1-25H3,(H,93,109)(H,94,110)(H,95,111)(H,96,127)(H,97,120)(H,98,119)(H,99,123)(H,100,115)(H,101,122)(H,102,116)(H,103,124)(H,104,121)(H,105,117)(H,106,125)(H,107,126)(H,108,118)/b66-28+/t56-,57+,67?,68?,69+,70-,71?,72?,73+,74+,75-,76-,77-,78?,79+/m0/s1. The number of unbranched alkanes of at least 4 members (excludes halogenated alkanes) is 2. The van der Waals surface area contributed by atoms with E-state index in [2.05, 4.69) is 85.1 Å². The molecule has 16 N–H and O–H groups in total. The third-order valence-corrected chi connectivity index (χ3v) is 21.4. The quantitative estimate of drug-likeness (QED) is 0.0190. The highest BCUT2D eigenvalue weighted by Gasteiger charge is 2.41. The van der Waals surface area contributed by atoms with Crippen molar-refractivity contribution in [3.8, 4) is 5.75 Å². The summed E-state index contributed by atoms with van der Waals surface area (Å²) in [6.07, 6.45) is 1.76. The van der Waals surface area contributed by atoms with Crippen LogP contribution in [0.3, 0.4) is 0 Å². The summed E-state index contributed by atoms with van der Waals surface area (Å²) < 4.78 is 15.8. The molecule has 5 unspecified atom stereocenters.